The maximum atomic E-state index is 13.4. The van der Waals surface area contributed by atoms with Gasteiger partial charge in [0, 0.05) is 25.4 Å². The third-order valence-corrected chi connectivity index (χ3v) is 4.33. The molecule has 0 unspecified atom stereocenters. The molecule has 2 aromatic carbocycles. The van der Waals surface area contributed by atoms with Gasteiger partial charge in [-0.2, -0.15) is 0 Å². The first-order valence-electron chi connectivity index (χ1n) is 8.89. The molecular weight excluding hydrogens is 399 g/mol. The van der Waals surface area contributed by atoms with Gasteiger partial charge in [0.1, 0.15) is 11.6 Å². The second kappa shape index (κ2) is 9.82. The van der Waals surface area contributed by atoms with Crippen molar-refractivity contribution in [3.05, 3.63) is 70.3 Å². The first kappa shape index (κ1) is 22.8. The fraction of sp³-hybridized carbons (Fsp3) is 0.238. The topological polar surface area (TPSA) is 70.7 Å². The summed E-state index contributed by atoms with van der Waals surface area (Å²) >= 11 is 0. The molecule has 2 amide bonds. The summed E-state index contributed by atoms with van der Waals surface area (Å²) in [5.74, 6) is -4.00. The summed E-state index contributed by atoms with van der Waals surface area (Å²) in [4.78, 5) is 24.6. The van der Waals surface area contributed by atoms with Gasteiger partial charge in [0.25, 0.3) is 0 Å². The minimum Gasteiger partial charge on any atom is -0.496 e. The Kier molecular flexibility index (Phi) is 7.46. The van der Waals surface area contributed by atoms with Crippen molar-refractivity contribution >= 4 is 18.0 Å². The van der Waals surface area contributed by atoms with Gasteiger partial charge in [0.2, 0.25) is 12.3 Å². The number of hydrogen-bond donors (Lipinski definition) is 2. The average Bonchev–Trinajstić information content (AvgIpc) is 2.68. The number of amides is 2. The summed E-state index contributed by atoms with van der Waals surface area (Å²) < 4.78 is 45.1. The van der Waals surface area contributed by atoms with Crippen LogP contribution in [0.3, 0.4) is 0 Å². The van der Waals surface area contributed by atoms with Crippen molar-refractivity contribution < 1.29 is 27.5 Å². The number of nitrogens with one attached hydrogen (secondary N) is 2. The Morgan fingerprint density at radius 1 is 1.10 bits per heavy atom. The van der Waals surface area contributed by atoms with Crippen molar-refractivity contribution in [1.82, 2.24) is 10.2 Å². The van der Waals surface area contributed by atoms with Crippen LogP contribution >= 0.6 is 0 Å². The van der Waals surface area contributed by atoms with Crippen molar-refractivity contribution in [2.75, 3.05) is 19.5 Å². The summed E-state index contributed by atoms with van der Waals surface area (Å²) in [6, 6.07) is 5.24. The van der Waals surface area contributed by atoms with E-state index >= 15 is 0 Å². The number of hydrogen-bond acceptors (Lipinski definition) is 4. The fourth-order valence-electron chi connectivity index (χ4n) is 2.75. The number of carbonyl (C=O) groups is 2. The van der Waals surface area contributed by atoms with Crippen LogP contribution in [0.1, 0.15) is 16.7 Å². The molecule has 0 saturated carbocycles. The summed E-state index contributed by atoms with van der Waals surface area (Å²) in [5.41, 5.74) is 2.39. The number of ether oxygens (including phenoxy) is 1. The van der Waals surface area contributed by atoms with E-state index in [2.05, 4.69) is 10.6 Å². The zero-order valence-electron chi connectivity index (χ0n) is 17.0. The van der Waals surface area contributed by atoms with Gasteiger partial charge >= 0.3 is 0 Å². The van der Waals surface area contributed by atoms with Crippen LogP contribution in [0, 0.1) is 31.3 Å². The molecule has 9 heteroatoms. The zero-order chi connectivity index (χ0) is 22.4. The smallest absolute Gasteiger partial charge is 0.250 e. The highest BCUT2D eigenvalue weighted by molar-refractivity contribution is 5.89. The Hall–Kier alpha value is -3.49. The SMILES string of the molecule is COc1cc(C)c(N/C(=C/C(=O)N(C)Cc2cc(F)c(F)c(F)c2)NC=O)cc1C. The molecule has 0 aromatic heterocycles. The van der Waals surface area contributed by atoms with Crippen LogP contribution in [-0.2, 0) is 16.1 Å². The van der Waals surface area contributed by atoms with E-state index < -0.39 is 23.4 Å². The minimum absolute atomic E-state index is 0.0788. The molecule has 2 rings (SSSR count). The van der Waals surface area contributed by atoms with Crippen LogP contribution < -0.4 is 15.4 Å². The van der Waals surface area contributed by atoms with Gasteiger partial charge in [-0.3, -0.25) is 9.59 Å². The molecular formula is C21H22F3N3O3. The normalized spacial score (nSPS) is 11.1. The Morgan fingerprint density at radius 2 is 1.73 bits per heavy atom. The van der Waals surface area contributed by atoms with E-state index in [1.54, 1.807) is 13.2 Å². The van der Waals surface area contributed by atoms with E-state index in [4.69, 9.17) is 4.74 Å². The van der Waals surface area contributed by atoms with E-state index in [0.29, 0.717) is 17.8 Å². The monoisotopic (exact) mass is 421 g/mol. The maximum absolute atomic E-state index is 13.4. The number of halogens is 3. The molecule has 0 aliphatic rings. The lowest BCUT2D eigenvalue weighted by atomic mass is 10.1. The average molecular weight is 421 g/mol. The predicted octanol–water partition coefficient (Wildman–Crippen LogP) is 3.39. The van der Waals surface area contributed by atoms with Crippen LogP contribution in [0.25, 0.3) is 0 Å². The van der Waals surface area contributed by atoms with E-state index in [1.165, 1.54) is 7.05 Å². The third kappa shape index (κ3) is 5.53. The molecule has 2 aromatic rings. The first-order chi connectivity index (χ1) is 14.2. The van der Waals surface area contributed by atoms with Crippen molar-refractivity contribution in [2.24, 2.45) is 0 Å². The van der Waals surface area contributed by atoms with Gasteiger partial charge in [-0.25, -0.2) is 13.2 Å². The van der Waals surface area contributed by atoms with Crippen molar-refractivity contribution in [1.29, 1.82) is 0 Å². The van der Waals surface area contributed by atoms with Crippen molar-refractivity contribution in [3.63, 3.8) is 0 Å². The Bertz CT molecular complexity index is 970. The van der Waals surface area contributed by atoms with E-state index in [1.807, 2.05) is 19.9 Å². The van der Waals surface area contributed by atoms with E-state index in [0.717, 1.165) is 34.2 Å². The summed E-state index contributed by atoms with van der Waals surface area (Å²) in [6.07, 6.45) is 1.53. The fourth-order valence-corrected chi connectivity index (χ4v) is 2.75. The van der Waals surface area contributed by atoms with Gasteiger partial charge in [0.05, 0.1) is 7.11 Å². The van der Waals surface area contributed by atoms with Gasteiger partial charge in [-0.05, 0) is 54.8 Å². The molecule has 30 heavy (non-hydrogen) atoms. The highest BCUT2D eigenvalue weighted by Gasteiger charge is 2.14. The predicted molar refractivity (Wildman–Crippen MR) is 106 cm³/mol. The number of carbonyl (C=O) groups excluding carboxylic acids is 2. The Labute approximate surface area is 172 Å². The molecule has 0 heterocycles. The molecule has 0 radical (unpaired) electrons. The second-order valence-electron chi connectivity index (χ2n) is 6.65. The molecule has 6 nitrogen and oxygen atoms in total. The molecule has 0 saturated heterocycles. The van der Waals surface area contributed by atoms with Crippen LogP contribution in [-0.4, -0.2) is 31.4 Å². The number of aryl methyl sites for hydroxylation is 2. The van der Waals surface area contributed by atoms with Gasteiger partial charge in [-0.1, -0.05) is 0 Å². The zero-order valence-corrected chi connectivity index (χ0v) is 17.0. The molecule has 0 aliphatic heterocycles. The lowest BCUT2D eigenvalue weighted by Crippen LogP contribution is -2.28. The number of methoxy groups -OCH3 is 1. The number of nitrogens with zero attached hydrogens (tertiary/aromatic N) is 1. The Balaban J connectivity index is 2.20. The van der Waals surface area contributed by atoms with Gasteiger partial charge in [0.15, 0.2) is 17.5 Å². The number of rotatable bonds is 8. The largest absolute Gasteiger partial charge is 0.496 e. The summed E-state index contributed by atoms with van der Waals surface area (Å²) in [5, 5.41) is 5.36. The standard InChI is InChI=1S/C21H22F3N3O3/c1-12-6-18(30-4)13(2)5-17(12)26-19(25-11-28)9-20(29)27(3)10-14-7-15(22)21(24)16(23)8-14/h5-9,11,26H,10H2,1-4H3,(H,25,28)/b19-9+. The van der Waals surface area contributed by atoms with Gasteiger partial charge in [-0.15, -0.1) is 0 Å². The molecule has 0 fully saturated rings. The number of anilines is 1. The van der Waals surface area contributed by atoms with Crippen LogP contribution in [0.15, 0.2) is 36.2 Å². The molecule has 0 spiro atoms. The summed E-state index contributed by atoms with van der Waals surface area (Å²) in [6.45, 7) is 3.51. The second-order valence-corrected chi connectivity index (χ2v) is 6.65. The molecule has 0 bridgehead atoms. The summed E-state index contributed by atoms with van der Waals surface area (Å²) in [7, 11) is 2.96. The lowest BCUT2D eigenvalue weighted by molar-refractivity contribution is -0.125. The molecule has 2 N–H and O–H groups in total. The third-order valence-electron chi connectivity index (χ3n) is 4.33. The molecule has 160 valence electrons. The Morgan fingerprint density at radius 3 is 2.30 bits per heavy atom. The highest BCUT2D eigenvalue weighted by atomic mass is 19.2. The van der Waals surface area contributed by atoms with E-state index in [-0.39, 0.29) is 17.9 Å². The van der Waals surface area contributed by atoms with E-state index in [9.17, 15) is 22.8 Å². The van der Waals surface area contributed by atoms with Crippen LogP contribution in [0.4, 0.5) is 18.9 Å². The first-order valence-corrected chi connectivity index (χ1v) is 8.89. The van der Waals surface area contributed by atoms with Crippen LogP contribution in [0.5, 0.6) is 5.75 Å². The highest BCUT2D eigenvalue weighted by Crippen LogP contribution is 2.26. The maximum Gasteiger partial charge on any atom is 0.250 e. The van der Waals surface area contributed by atoms with Gasteiger partial charge < -0.3 is 20.3 Å². The number of likely N-dealkylation sites (N-methyl/N-ethyl adjacent to an activating group) is 1. The minimum atomic E-state index is -1.57. The van der Waals surface area contributed by atoms with Crippen LogP contribution in [0.2, 0.25) is 0 Å². The lowest BCUT2D eigenvalue weighted by Gasteiger charge is -2.18. The number of benzene rings is 2. The van der Waals surface area contributed by atoms with Crippen molar-refractivity contribution in [2.45, 2.75) is 20.4 Å². The molecule has 0 atom stereocenters. The molecule has 0 aliphatic carbocycles. The van der Waals surface area contributed by atoms with Crippen molar-refractivity contribution in [3.8, 4) is 5.75 Å². The quantitative estimate of drug-likeness (QED) is 0.390.